The molecule has 4 rings (SSSR count). The molecule has 0 radical (unpaired) electrons. The van der Waals surface area contributed by atoms with Crippen molar-refractivity contribution in [2.45, 2.75) is 26.8 Å². The molecular formula is C22H23N3O3S. The number of nitrogens with one attached hydrogen (secondary N) is 1. The van der Waals surface area contributed by atoms with Gasteiger partial charge in [-0.1, -0.05) is 19.1 Å². The van der Waals surface area contributed by atoms with Crippen LogP contribution in [0.4, 0.5) is 5.00 Å². The summed E-state index contributed by atoms with van der Waals surface area (Å²) in [7, 11) is 1.37. The Bertz CT molecular complexity index is 1110. The Kier molecular flexibility index (Phi) is 5.34. The van der Waals surface area contributed by atoms with Gasteiger partial charge in [-0.15, -0.1) is 11.3 Å². The molecule has 150 valence electrons. The minimum Gasteiger partial charge on any atom is -0.465 e. The van der Waals surface area contributed by atoms with E-state index in [-0.39, 0.29) is 5.91 Å². The zero-order valence-electron chi connectivity index (χ0n) is 16.7. The van der Waals surface area contributed by atoms with Gasteiger partial charge in [-0.05, 0) is 43.7 Å². The van der Waals surface area contributed by atoms with Crippen molar-refractivity contribution in [3.05, 3.63) is 57.6 Å². The molecule has 0 saturated heterocycles. The van der Waals surface area contributed by atoms with Crippen LogP contribution in [0.25, 0.3) is 10.9 Å². The molecule has 1 amide bonds. The lowest BCUT2D eigenvalue weighted by molar-refractivity contribution is 0.0600. The number of nitrogens with zero attached hydrogens (tertiary/aromatic N) is 2. The predicted molar refractivity (Wildman–Crippen MR) is 115 cm³/mol. The number of hydrogen-bond acceptors (Lipinski definition) is 6. The van der Waals surface area contributed by atoms with Crippen molar-refractivity contribution in [1.82, 2.24) is 9.88 Å². The number of thiophene rings is 1. The molecule has 3 aromatic rings. The van der Waals surface area contributed by atoms with Crippen LogP contribution in [0.15, 0.2) is 30.3 Å². The number of amides is 1. The number of fused-ring (bicyclic) bond motifs is 2. The molecule has 0 aliphatic carbocycles. The van der Waals surface area contributed by atoms with Gasteiger partial charge < -0.3 is 10.1 Å². The predicted octanol–water partition coefficient (Wildman–Crippen LogP) is 4.02. The molecule has 1 N–H and O–H groups in total. The number of pyridine rings is 1. The quantitative estimate of drug-likeness (QED) is 0.659. The van der Waals surface area contributed by atoms with E-state index >= 15 is 0 Å². The van der Waals surface area contributed by atoms with Crippen LogP contribution in [-0.2, 0) is 17.7 Å². The van der Waals surface area contributed by atoms with Crippen molar-refractivity contribution in [2.24, 2.45) is 0 Å². The van der Waals surface area contributed by atoms with Crippen molar-refractivity contribution in [2.75, 3.05) is 25.5 Å². The first-order chi connectivity index (χ1) is 14.0. The van der Waals surface area contributed by atoms with Gasteiger partial charge >= 0.3 is 5.97 Å². The lowest BCUT2D eigenvalue weighted by atomic mass is 10.0. The third-order valence-corrected chi connectivity index (χ3v) is 6.43. The molecule has 2 aromatic heterocycles. The minimum atomic E-state index is -0.404. The van der Waals surface area contributed by atoms with Crippen LogP contribution in [0.2, 0.25) is 0 Å². The number of carbonyl (C=O) groups is 2. The van der Waals surface area contributed by atoms with Gasteiger partial charge in [-0.2, -0.15) is 0 Å². The van der Waals surface area contributed by atoms with Crippen molar-refractivity contribution in [3.63, 3.8) is 0 Å². The molecule has 1 aliphatic heterocycles. The van der Waals surface area contributed by atoms with Crippen LogP contribution in [0.5, 0.6) is 0 Å². The fraction of sp³-hybridized carbons (Fsp3) is 0.318. The number of methoxy groups -OCH3 is 1. The summed E-state index contributed by atoms with van der Waals surface area (Å²) in [6.07, 6.45) is 0.777. The van der Waals surface area contributed by atoms with Gasteiger partial charge in [0.2, 0.25) is 0 Å². The lowest BCUT2D eigenvalue weighted by Crippen LogP contribution is -2.29. The van der Waals surface area contributed by atoms with E-state index < -0.39 is 5.97 Å². The molecule has 29 heavy (non-hydrogen) atoms. The SMILES string of the molecule is CCN1CCc2c(sc(NC(=O)c3ccc4ccc(C)nc4c3)c2C(=O)OC)C1. The third kappa shape index (κ3) is 3.75. The summed E-state index contributed by atoms with van der Waals surface area (Å²) in [5.74, 6) is -0.662. The maximum Gasteiger partial charge on any atom is 0.341 e. The molecule has 3 heterocycles. The number of carbonyl (C=O) groups excluding carboxylic acids is 2. The summed E-state index contributed by atoms with van der Waals surface area (Å²) in [4.78, 5) is 33.3. The van der Waals surface area contributed by atoms with Crippen LogP contribution in [0.3, 0.4) is 0 Å². The zero-order valence-corrected chi connectivity index (χ0v) is 17.6. The Hall–Kier alpha value is -2.77. The highest BCUT2D eigenvalue weighted by Crippen LogP contribution is 2.37. The number of benzene rings is 1. The largest absolute Gasteiger partial charge is 0.465 e. The second kappa shape index (κ2) is 7.93. The van der Waals surface area contributed by atoms with E-state index in [0.717, 1.165) is 53.1 Å². The van der Waals surface area contributed by atoms with Crippen molar-refractivity contribution in [1.29, 1.82) is 0 Å². The molecule has 1 aromatic carbocycles. The highest BCUT2D eigenvalue weighted by Gasteiger charge is 2.29. The fourth-order valence-electron chi connectivity index (χ4n) is 3.67. The minimum absolute atomic E-state index is 0.258. The Morgan fingerprint density at radius 2 is 2.07 bits per heavy atom. The topological polar surface area (TPSA) is 71.5 Å². The first-order valence-electron chi connectivity index (χ1n) is 9.64. The number of ether oxygens (including phenoxy) is 1. The van der Waals surface area contributed by atoms with Gasteiger partial charge in [0.1, 0.15) is 5.00 Å². The number of hydrogen-bond donors (Lipinski definition) is 1. The average molecular weight is 410 g/mol. The summed E-state index contributed by atoms with van der Waals surface area (Å²) >= 11 is 1.46. The van der Waals surface area contributed by atoms with Gasteiger partial charge in [0.15, 0.2) is 0 Å². The summed E-state index contributed by atoms with van der Waals surface area (Å²) in [5.41, 5.74) is 3.67. The number of esters is 1. The van der Waals surface area contributed by atoms with Crippen molar-refractivity contribution < 1.29 is 14.3 Å². The van der Waals surface area contributed by atoms with E-state index in [1.165, 1.54) is 18.4 Å². The molecule has 7 heteroatoms. The molecule has 1 aliphatic rings. The Labute approximate surface area is 173 Å². The standard InChI is InChI=1S/C22H23N3O3S/c1-4-25-10-9-16-18(12-25)29-21(19(16)22(27)28-3)24-20(26)15-8-7-14-6-5-13(2)23-17(14)11-15/h5-8,11H,4,9-10,12H2,1-3H3,(H,24,26). The summed E-state index contributed by atoms with van der Waals surface area (Å²) in [6.45, 7) is 6.68. The van der Waals surface area contributed by atoms with E-state index in [0.29, 0.717) is 16.1 Å². The number of likely N-dealkylation sites (N-methyl/N-ethyl adjacent to an activating group) is 1. The molecule has 0 atom stereocenters. The molecule has 6 nitrogen and oxygen atoms in total. The zero-order chi connectivity index (χ0) is 20.5. The van der Waals surface area contributed by atoms with E-state index in [9.17, 15) is 9.59 Å². The maximum absolute atomic E-state index is 12.9. The van der Waals surface area contributed by atoms with Crippen molar-refractivity contribution in [3.8, 4) is 0 Å². The van der Waals surface area contributed by atoms with Crippen LogP contribution in [0.1, 0.15) is 43.8 Å². The second-order valence-corrected chi connectivity index (χ2v) is 8.24. The first-order valence-corrected chi connectivity index (χ1v) is 10.5. The fourth-order valence-corrected chi connectivity index (χ4v) is 4.94. The second-order valence-electron chi connectivity index (χ2n) is 7.13. The molecule has 0 fully saturated rings. The number of anilines is 1. The van der Waals surface area contributed by atoms with Crippen LogP contribution in [0, 0.1) is 6.92 Å². The Morgan fingerprint density at radius 3 is 2.83 bits per heavy atom. The first kappa shape index (κ1) is 19.5. The van der Waals surface area contributed by atoms with E-state index in [1.807, 2.05) is 25.1 Å². The van der Waals surface area contributed by atoms with Gasteiger partial charge in [0.25, 0.3) is 5.91 Å². The van der Waals surface area contributed by atoms with Gasteiger partial charge in [-0.25, -0.2) is 4.79 Å². The van der Waals surface area contributed by atoms with Gasteiger partial charge in [0.05, 0.1) is 18.2 Å². The van der Waals surface area contributed by atoms with Gasteiger partial charge in [-0.3, -0.25) is 14.7 Å². The molecule has 0 bridgehead atoms. The number of rotatable bonds is 4. The number of aryl methyl sites for hydroxylation is 1. The normalized spacial score (nSPS) is 13.9. The molecule has 0 saturated carbocycles. The van der Waals surface area contributed by atoms with E-state index in [4.69, 9.17) is 4.74 Å². The summed E-state index contributed by atoms with van der Waals surface area (Å²) < 4.78 is 5.01. The monoisotopic (exact) mass is 409 g/mol. The average Bonchev–Trinajstić information content (AvgIpc) is 3.09. The lowest BCUT2D eigenvalue weighted by Gasteiger charge is -2.25. The van der Waals surface area contributed by atoms with E-state index in [2.05, 4.69) is 22.1 Å². The highest BCUT2D eigenvalue weighted by molar-refractivity contribution is 7.17. The van der Waals surface area contributed by atoms with E-state index in [1.54, 1.807) is 12.1 Å². The van der Waals surface area contributed by atoms with Crippen LogP contribution >= 0.6 is 11.3 Å². The Morgan fingerprint density at radius 1 is 1.28 bits per heavy atom. The number of aromatic nitrogens is 1. The molecule has 0 spiro atoms. The van der Waals surface area contributed by atoms with Crippen LogP contribution in [-0.4, -0.2) is 42.0 Å². The molecular weight excluding hydrogens is 386 g/mol. The Balaban J connectivity index is 1.67. The van der Waals surface area contributed by atoms with Crippen molar-refractivity contribution >= 4 is 39.1 Å². The smallest absolute Gasteiger partial charge is 0.341 e. The van der Waals surface area contributed by atoms with Gasteiger partial charge in [0, 0.05) is 34.6 Å². The third-order valence-electron chi connectivity index (χ3n) is 5.29. The maximum atomic E-state index is 12.9. The van der Waals surface area contributed by atoms with Crippen LogP contribution < -0.4 is 5.32 Å². The summed E-state index contributed by atoms with van der Waals surface area (Å²) in [6, 6.07) is 9.37. The highest BCUT2D eigenvalue weighted by atomic mass is 32.1. The molecule has 0 unspecified atom stereocenters. The summed E-state index contributed by atoms with van der Waals surface area (Å²) in [5, 5.41) is 4.48.